The molecule has 1 aliphatic rings. The molecule has 0 bridgehead atoms. The van der Waals surface area contributed by atoms with Crippen LogP contribution in [0.15, 0.2) is 18.2 Å². The van der Waals surface area contributed by atoms with Gasteiger partial charge in [-0.05, 0) is 43.9 Å². The van der Waals surface area contributed by atoms with Gasteiger partial charge in [0.1, 0.15) is 6.54 Å². The molecule has 1 heterocycles. The van der Waals surface area contributed by atoms with Crippen LogP contribution < -0.4 is 4.31 Å². The first-order valence-electron chi connectivity index (χ1n) is 8.54. The van der Waals surface area contributed by atoms with Crippen molar-refractivity contribution in [1.29, 1.82) is 0 Å². The number of carbonyl (C=O) groups is 2. The maximum Gasteiger partial charge on any atom is 0.308 e. The number of rotatable bonds is 5. The second kappa shape index (κ2) is 8.07. The highest BCUT2D eigenvalue weighted by Gasteiger charge is 2.30. The number of nitrogens with zero attached hydrogens (tertiary/aromatic N) is 2. The fourth-order valence-electron chi connectivity index (χ4n) is 3.12. The molecule has 26 heavy (non-hydrogen) atoms. The molecule has 0 unspecified atom stereocenters. The number of amides is 1. The van der Waals surface area contributed by atoms with E-state index in [0.29, 0.717) is 31.6 Å². The fourth-order valence-corrected chi connectivity index (χ4v) is 4.02. The standard InChI is InChI=1S/C18H26N2O5S/c1-13-5-6-14(2)16(11-13)20(26(4,23)24)12-17(21)19-9-7-15(8-10-19)18(22)25-3/h5-6,11,15H,7-10,12H2,1-4H3. The predicted molar refractivity (Wildman–Crippen MR) is 99.4 cm³/mol. The Balaban J connectivity index is 2.14. The third kappa shape index (κ3) is 4.75. The second-order valence-electron chi connectivity index (χ2n) is 6.74. The third-order valence-electron chi connectivity index (χ3n) is 4.69. The largest absolute Gasteiger partial charge is 0.469 e. The van der Waals surface area contributed by atoms with Gasteiger partial charge in [0.25, 0.3) is 0 Å². The average molecular weight is 382 g/mol. The number of piperidine rings is 1. The quantitative estimate of drug-likeness (QED) is 0.720. The van der Waals surface area contributed by atoms with Crippen LogP contribution in [0, 0.1) is 19.8 Å². The molecule has 0 radical (unpaired) electrons. The van der Waals surface area contributed by atoms with Crippen molar-refractivity contribution in [3.63, 3.8) is 0 Å². The van der Waals surface area contributed by atoms with Gasteiger partial charge < -0.3 is 9.64 Å². The van der Waals surface area contributed by atoms with Gasteiger partial charge in [0.05, 0.1) is 25.0 Å². The van der Waals surface area contributed by atoms with E-state index in [1.807, 2.05) is 26.0 Å². The molecule has 1 amide bonds. The number of ether oxygens (including phenoxy) is 1. The van der Waals surface area contributed by atoms with Gasteiger partial charge in [-0.2, -0.15) is 0 Å². The molecule has 0 aliphatic carbocycles. The Morgan fingerprint density at radius 3 is 2.38 bits per heavy atom. The van der Waals surface area contributed by atoms with E-state index in [1.54, 1.807) is 11.0 Å². The first kappa shape index (κ1) is 20.2. The van der Waals surface area contributed by atoms with Gasteiger partial charge in [-0.1, -0.05) is 12.1 Å². The molecule has 1 saturated heterocycles. The van der Waals surface area contributed by atoms with Crippen LogP contribution in [0.2, 0.25) is 0 Å². The number of anilines is 1. The summed E-state index contributed by atoms with van der Waals surface area (Å²) in [5.41, 5.74) is 2.23. The molecule has 1 fully saturated rings. The summed E-state index contributed by atoms with van der Waals surface area (Å²) in [6, 6.07) is 5.51. The zero-order valence-electron chi connectivity index (χ0n) is 15.7. The van der Waals surface area contributed by atoms with Gasteiger partial charge >= 0.3 is 5.97 Å². The average Bonchev–Trinajstić information content (AvgIpc) is 2.60. The van der Waals surface area contributed by atoms with Crippen molar-refractivity contribution in [2.45, 2.75) is 26.7 Å². The second-order valence-corrected chi connectivity index (χ2v) is 8.64. The Kier molecular flexibility index (Phi) is 6.28. The number of hydrogen-bond acceptors (Lipinski definition) is 5. The zero-order chi connectivity index (χ0) is 19.5. The van der Waals surface area contributed by atoms with Crippen molar-refractivity contribution >= 4 is 27.6 Å². The van der Waals surface area contributed by atoms with Crippen molar-refractivity contribution in [1.82, 2.24) is 4.90 Å². The van der Waals surface area contributed by atoms with Crippen LogP contribution in [0.3, 0.4) is 0 Å². The van der Waals surface area contributed by atoms with E-state index in [1.165, 1.54) is 7.11 Å². The maximum absolute atomic E-state index is 12.7. The summed E-state index contributed by atoms with van der Waals surface area (Å²) < 4.78 is 30.5. The van der Waals surface area contributed by atoms with Crippen LogP contribution in [0.1, 0.15) is 24.0 Å². The lowest BCUT2D eigenvalue weighted by Crippen LogP contribution is -2.46. The van der Waals surface area contributed by atoms with Crippen molar-refractivity contribution < 1.29 is 22.7 Å². The van der Waals surface area contributed by atoms with Crippen LogP contribution in [-0.2, 0) is 24.3 Å². The molecule has 0 aromatic heterocycles. The summed E-state index contributed by atoms with van der Waals surface area (Å²) in [6.45, 7) is 4.29. The van der Waals surface area contributed by atoms with Gasteiger partial charge in [0, 0.05) is 13.1 Å². The molecule has 0 spiro atoms. The van der Waals surface area contributed by atoms with Crippen molar-refractivity contribution in [2.75, 3.05) is 37.3 Å². The Labute approximate surface area is 155 Å². The smallest absolute Gasteiger partial charge is 0.308 e. The van der Waals surface area contributed by atoms with Gasteiger partial charge in [-0.15, -0.1) is 0 Å². The lowest BCUT2D eigenvalue weighted by atomic mass is 9.97. The molecule has 2 rings (SSSR count). The number of carbonyl (C=O) groups excluding carboxylic acids is 2. The van der Waals surface area contributed by atoms with E-state index in [4.69, 9.17) is 4.74 Å². The molecular formula is C18H26N2O5S. The molecule has 0 atom stereocenters. The van der Waals surface area contributed by atoms with Crippen LogP contribution in [0.5, 0.6) is 0 Å². The van der Waals surface area contributed by atoms with Gasteiger partial charge in [-0.3, -0.25) is 13.9 Å². The number of esters is 1. The highest BCUT2D eigenvalue weighted by molar-refractivity contribution is 7.92. The minimum Gasteiger partial charge on any atom is -0.469 e. The van der Waals surface area contributed by atoms with Crippen LogP contribution in [-0.4, -0.2) is 58.2 Å². The lowest BCUT2D eigenvalue weighted by molar-refractivity contribution is -0.148. The number of methoxy groups -OCH3 is 1. The summed E-state index contributed by atoms with van der Waals surface area (Å²) in [6.07, 6.45) is 2.16. The molecule has 1 aromatic carbocycles. The van der Waals surface area contributed by atoms with Crippen LogP contribution >= 0.6 is 0 Å². The fraction of sp³-hybridized carbons (Fsp3) is 0.556. The monoisotopic (exact) mass is 382 g/mol. The van der Waals surface area contributed by atoms with E-state index in [0.717, 1.165) is 21.7 Å². The van der Waals surface area contributed by atoms with E-state index >= 15 is 0 Å². The van der Waals surface area contributed by atoms with Crippen molar-refractivity contribution in [2.24, 2.45) is 5.92 Å². The van der Waals surface area contributed by atoms with E-state index in [9.17, 15) is 18.0 Å². The van der Waals surface area contributed by atoms with Crippen LogP contribution in [0.4, 0.5) is 5.69 Å². The maximum atomic E-state index is 12.7. The Bertz CT molecular complexity index is 783. The van der Waals surface area contributed by atoms with Gasteiger partial charge in [-0.25, -0.2) is 8.42 Å². The van der Waals surface area contributed by atoms with Crippen molar-refractivity contribution in [3.05, 3.63) is 29.3 Å². The molecule has 0 N–H and O–H groups in total. The highest BCUT2D eigenvalue weighted by atomic mass is 32.2. The molecule has 144 valence electrons. The van der Waals surface area contributed by atoms with Gasteiger partial charge in [0.2, 0.25) is 15.9 Å². The predicted octanol–water partition coefficient (Wildman–Crippen LogP) is 1.48. The summed E-state index contributed by atoms with van der Waals surface area (Å²) >= 11 is 0. The number of hydrogen-bond donors (Lipinski definition) is 0. The van der Waals surface area contributed by atoms with E-state index < -0.39 is 10.0 Å². The first-order valence-corrected chi connectivity index (χ1v) is 10.4. The number of aryl methyl sites for hydroxylation is 2. The summed E-state index contributed by atoms with van der Waals surface area (Å²) in [4.78, 5) is 25.9. The summed E-state index contributed by atoms with van der Waals surface area (Å²) in [5.74, 6) is -0.723. The summed E-state index contributed by atoms with van der Waals surface area (Å²) in [5, 5.41) is 0. The molecule has 1 aliphatic heterocycles. The normalized spacial score (nSPS) is 15.6. The summed E-state index contributed by atoms with van der Waals surface area (Å²) in [7, 11) is -2.25. The molecular weight excluding hydrogens is 356 g/mol. The molecule has 7 nitrogen and oxygen atoms in total. The van der Waals surface area contributed by atoms with E-state index in [2.05, 4.69) is 0 Å². The highest BCUT2D eigenvalue weighted by Crippen LogP contribution is 2.25. The van der Waals surface area contributed by atoms with Crippen LogP contribution in [0.25, 0.3) is 0 Å². The Morgan fingerprint density at radius 2 is 1.85 bits per heavy atom. The Morgan fingerprint density at radius 1 is 1.23 bits per heavy atom. The molecule has 1 aromatic rings. The molecule has 0 saturated carbocycles. The van der Waals surface area contributed by atoms with E-state index in [-0.39, 0.29) is 24.3 Å². The number of sulfonamides is 1. The first-order chi connectivity index (χ1) is 12.1. The lowest BCUT2D eigenvalue weighted by Gasteiger charge is -2.33. The Hall–Kier alpha value is -2.09. The third-order valence-corrected chi connectivity index (χ3v) is 5.82. The van der Waals surface area contributed by atoms with Gasteiger partial charge in [0.15, 0.2) is 0 Å². The zero-order valence-corrected chi connectivity index (χ0v) is 16.5. The number of benzene rings is 1. The SMILES string of the molecule is COC(=O)C1CCN(C(=O)CN(c2cc(C)ccc2C)S(C)(=O)=O)CC1. The molecule has 8 heteroatoms. The topological polar surface area (TPSA) is 84.0 Å². The van der Waals surface area contributed by atoms with Crippen molar-refractivity contribution in [3.8, 4) is 0 Å². The number of likely N-dealkylation sites (tertiary alicyclic amines) is 1. The minimum absolute atomic E-state index is 0.200. The minimum atomic E-state index is -3.61.